The Morgan fingerprint density at radius 3 is 2.57 bits per heavy atom. The van der Waals surface area contributed by atoms with Crippen molar-refractivity contribution in [1.29, 1.82) is 0 Å². The highest BCUT2D eigenvalue weighted by Gasteiger charge is 2.22. The second-order valence-corrected chi connectivity index (χ2v) is 7.03. The van der Waals surface area contributed by atoms with Gasteiger partial charge >= 0.3 is 0 Å². The average molecular weight is 377 g/mol. The Morgan fingerprint density at radius 2 is 1.89 bits per heavy atom. The molecular formula is C22H23N3O3. The molecule has 1 saturated carbocycles. The second kappa shape index (κ2) is 8.25. The zero-order chi connectivity index (χ0) is 19.3. The Balaban J connectivity index is 1.24. The third-order valence-electron chi connectivity index (χ3n) is 4.90. The van der Waals surface area contributed by atoms with Gasteiger partial charge in [-0.1, -0.05) is 29.4 Å². The lowest BCUT2D eigenvalue weighted by molar-refractivity contribution is -0.121. The van der Waals surface area contributed by atoms with Crippen LogP contribution < -0.4 is 10.1 Å². The average Bonchev–Trinajstić information content (AvgIpc) is 3.49. The van der Waals surface area contributed by atoms with Crippen LogP contribution in [-0.4, -0.2) is 23.2 Å². The molecule has 2 aromatic carbocycles. The molecule has 0 saturated heterocycles. The minimum absolute atomic E-state index is 0.0320. The van der Waals surface area contributed by atoms with Crippen LogP contribution in [0.1, 0.15) is 42.2 Å². The number of carbonyl (C=O) groups excluding carboxylic acids is 1. The topological polar surface area (TPSA) is 77.2 Å². The van der Waals surface area contributed by atoms with Crippen LogP contribution in [0.15, 0.2) is 53.1 Å². The largest absolute Gasteiger partial charge is 0.497 e. The number of ether oxygens (including phenoxy) is 1. The maximum Gasteiger partial charge on any atom is 0.227 e. The van der Waals surface area contributed by atoms with Crippen LogP contribution in [0, 0.1) is 0 Å². The van der Waals surface area contributed by atoms with Crippen LogP contribution in [0.25, 0.3) is 11.4 Å². The first-order valence-corrected chi connectivity index (χ1v) is 9.54. The van der Waals surface area contributed by atoms with E-state index in [1.165, 1.54) is 18.4 Å². The number of rotatable bonds is 8. The van der Waals surface area contributed by atoms with Gasteiger partial charge in [0.1, 0.15) is 5.75 Å². The summed E-state index contributed by atoms with van der Waals surface area (Å²) >= 11 is 0. The lowest BCUT2D eigenvalue weighted by atomic mass is 10.1. The summed E-state index contributed by atoms with van der Waals surface area (Å²) in [5.41, 5.74) is 3.35. The molecule has 0 unspecified atom stereocenters. The van der Waals surface area contributed by atoms with Gasteiger partial charge in [-0.2, -0.15) is 4.98 Å². The van der Waals surface area contributed by atoms with E-state index in [-0.39, 0.29) is 5.91 Å². The van der Waals surface area contributed by atoms with E-state index in [0.717, 1.165) is 22.8 Å². The molecule has 6 nitrogen and oxygen atoms in total. The molecule has 1 aromatic heterocycles. The minimum atomic E-state index is -0.0320. The van der Waals surface area contributed by atoms with Crippen LogP contribution >= 0.6 is 0 Å². The van der Waals surface area contributed by atoms with Gasteiger partial charge in [-0.05, 0) is 54.2 Å². The number of hydrogen-bond donors (Lipinski definition) is 1. The molecule has 1 aliphatic carbocycles. The zero-order valence-electron chi connectivity index (χ0n) is 15.9. The number of hydrogen-bond acceptors (Lipinski definition) is 5. The van der Waals surface area contributed by atoms with Crippen molar-refractivity contribution in [3.05, 3.63) is 65.5 Å². The van der Waals surface area contributed by atoms with Gasteiger partial charge in [0, 0.05) is 24.9 Å². The van der Waals surface area contributed by atoms with Crippen molar-refractivity contribution < 1.29 is 14.1 Å². The van der Waals surface area contributed by atoms with Gasteiger partial charge in [0.05, 0.1) is 7.11 Å². The number of methoxy groups -OCH3 is 1. The van der Waals surface area contributed by atoms with Gasteiger partial charge in [0.2, 0.25) is 17.6 Å². The molecule has 3 aromatic rings. The highest BCUT2D eigenvalue weighted by molar-refractivity contribution is 5.76. The van der Waals surface area contributed by atoms with Crippen LogP contribution in [0.3, 0.4) is 0 Å². The summed E-state index contributed by atoms with van der Waals surface area (Å²) in [7, 11) is 1.62. The van der Waals surface area contributed by atoms with Gasteiger partial charge in [0.25, 0.3) is 0 Å². The van der Waals surface area contributed by atoms with Gasteiger partial charge in [-0.15, -0.1) is 0 Å². The standard InChI is InChI=1S/C22H23N3O3/c1-27-19-10-8-18(9-11-19)22-24-21(28-25-22)13-12-20(26)23-14-15-2-4-16(5-3-15)17-6-7-17/h2-5,8-11,17H,6-7,12-14H2,1H3,(H,23,26). The third-order valence-corrected chi connectivity index (χ3v) is 4.90. The Bertz CT molecular complexity index is 928. The van der Waals surface area contributed by atoms with Crippen molar-refractivity contribution in [1.82, 2.24) is 15.5 Å². The van der Waals surface area contributed by atoms with E-state index in [1.807, 2.05) is 24.3 Å². The van der Waals surface area contributed by atoms with Gasteiger partial charge in [0.15, 0.2) is 0 Å². The van der Waals surface area contributed by atoms with Crippen molar-refractivity contribution in [3.63, 3.8) is 0 Å². The molecular weight excluding hydrogens is 354 g/mol. The van der Waals surface area contributed by atoms with E-state index in [2.05, 4.69) is 39.7 Å². The number of nitrogens with one attached hydrogen (secondary N) is 1. The van der Waals surface area contributed by atoms with Crippen LogP contribution in [0.2, 0.25) is 0 Å². The smallest absolute Gasteiger partial charge is 0.227 e. The minimum Gasteiger partial charge on any atom is -0.497 e. The maximum atomic E-state index is 12.1. The Labute approximate surface area is 163 Å². The number of amides is 1. The molecule has 0 radical (unpaired) electrons. The highest BCUT2D eigenvalue weighted by atomic mass is 16.5. The Morgan fingerprint density at radius 1 is 1.14 bits per heavy atom. The Hall–Kier alpha value is -3.15. The van der Waals surface area contributed by atoms with Crippen molar-refractivity contribution in [2.45, 2.75) is 38.1 Å². The third kappa shape index (κ3) is 4.57. The number of nitrogens with zero attached hydrogens (tertiary/aromatic N) is 2. The molecule has 1 amide bonds. The normalized spacial score (nSPS) is 13.3. The molecule has 4 rings (SSSR count). The van der Waals surface area contributed by atoms with Gasteiger partial charge in [-0.25, -0.2) is 0 Å². The van der Waals surface area contributed by atoms with Gasteiger partial charge < -0.3 is 14.6 Å². The first-order chi connectivity index (χ1) is 13.7. The molecule has 6 heteroatoms. The summed E-state index contributed by atoms with van der Waals surface area (Å²) in [5.74, 6) is 2.45. The lowest BCUT2D eigenvalue weighted by Gasteiger charge is -2.05. The molecule has 1 aliphatic rings. The fraction of sp³-hybridized carbons (Fsp3) is 0.318. The molecule has 1 N–H and O–H groups in total. The van der Waals surface area contributed by atoms with E-state index >= 15 is 0 Å². The van der Waals surface area contributed by atoms with Gasteiger partial charge in [-0.3, -0.25) is 4.79 Å². The summed E-state index contributed by atoms with van der Waals surface area (Å²) in [4.78, 5) is 16.5. The summed E-state index contributed by atoms with van der Waals surface area (Å²) in [6.07, 6.45) is 3.32. The van der Waals surface area contributed by atoms with E-state index in [1.54, 1.807) is 7.11 Å². The fourth-order valence-electron chi connectivity index (χ4n) is 3.05. The van der Waals surface area contributed by atoms with E-state index < -0.39 is 0 Å². The van der Waals surface area contributed by atoms with Crippen LogP contribution in [-0.2, 0) is 17.8 Å². The highest BCUT2D eigenvalue weighted by Crippen LogP contribution is 2.39. The van der Waals surface area contributed by atoms with Crippen molar-refractivity contribution in [2.75, 3.05) is 7.11 Å². The van der Waals surface area contributed by atoms with Crippen molar-refractivity contribution in [3.8, 4) is 17.1 Å². The van der Waals surface area contributed by atoms with E-state index in [9.17, 15) is 4.79 Å². The molecule has 1 heterocycles. The molecule has 1 fully saturated rings. The zero-order valence-corrected chi connectivity index (χ0v) is 15.9. The number of aromatic nitrogens is 2. The first kappa shape index (κ1) is 18.2. The summed E-state index contributed by atoms with van der Waals surface area (Å²) in [5, 5.41) is 6.92. The molecule has 0 bridgehead atoms. The number of benzene rings is 2. The monoisotopic (exact) mass is 377 g/mol. The van der Waals surface area contributed by atoms with Crippen molar-refractivity contribution >= 4 is 5.91 Å². The molecule has 0 spiro atoms. The maximum absolute atomic E-state index is 12.1. The van der Waals surface area contributed by atoms with E-state index in [0.29, 0.717) is 31.1 Å². The lowest BCUT2D eigenvalue weighted by Crippen LogP contribution is -2.23. The molecule has 144 valence electrons. The first-order valence-electron chi connectivity index (χ1n) is 9.54. The van der Waals surface area contributed by atoms with Crippen molar-refractivity contribution in [2.24, 2.45) is 0 Å². The predicted octanol–water partition coefficient (Wildman–Crippen LogP) is 3.87. The molecule has 28 heavy (non-hydrogen) atoms. The summed E-state index contributed by atoms with van der Waals surface area (Å²) in [6, 6.07) is 15.9. The van der Waals surface area contributed by atoms with Crippen LogP contribution in [0.5, 0.6) is 5.75 Å². The number of aryl methyl sites for hydroxylation is 1. The SMILES string of the molecule is COc1ccc(-c2noc(CCC(=O)NCc3ccc(C4CC4)cc3)n2)cc1. The summed E-state index contributed by atoms with van der Waals surface area (Å²) < 4.78 is 10.4. The molecule has 0 aliphatic heterocycles. The summed E-state index contributed by atoms with van der Waals surface area (Å²) in [6.45, 7) is 0.532. The second-order valence-electron chi connectivity index (χ2n) is 7.03. The van der Waals surface area contributed by atoms with E-state index in [4.69, 9.17) is 9.26 Å². The van der Waals surface area contributed by atoms with Crippen LogP contribution in [0.4, 0.5) is 0 Å². The Kier molecular flexibility index (Phi) is 5.37. The number of carbonyl (C=O) groups is 1. The fourth-order valence-corrected chi connectivity index (χ4v) is 3.05. The quantitative estimate of drug-likeness (QED) is 0.645. The molecule has 0 atom stereocenters. The predicted molar refractivity (Wildman–Crippen MR) is 105 cm³/mol.